The van der Waals surface area contributed by atoms with Gasteiger partial charge in [-0.1, -0.05) is 11.6 Å². The molecule has 1 atom stereocenters. The van der Waals surface area contributed by atoms with Crippen LogP contribution >= 0.6 is 27.5 Å². The van der Waals surface area contributed by atoms with Crippen LogP contribution in [0.4, 0.5) is 5.69 Å². The lowest BCUT2D eigenvalue weighted by Gasteiger charge is -2.16. The highest BCUT2D eigenvalue weighted by Gasteiger charge is 2.18. The molecule has 8 heteroatoms. The van der Waals surface area contributed by atoms with E-state index in [9.17, 15) is 14.7 Å². The molecule has 1 amide bonds. The number of carbonyl (C=O) groups is 2. The first-order chi connectivity index (χ1) is 11.3. The van der Waals surface area contributed by atoms with Crippen molar-refractivity contribution >= 4 is 45.1 Å². The molecule has 2 rings (SSSR count). The highest BCUT2D eigenvalue weighted by molar-refractivity contribution is 9.10. The third-order valence-corrected chi connectivity index (χ3v) is 3.92. The number of aromatic carboxylic acids is 1. The molecular formula is C16H13BrClNO5. The van der Waals surface area contributed by atoms with Crippen LogP contribution in [0.3, 0.4) is 0 Å². The van der Waals surface area contributed by atoms with Gasteiger partial charge >= 0.3 is 5.97 Å². The second kappa shape index (κ2) is 7.55. The number of phenolic OH excluding ortho intramolecular Hbond substituents is 1. The van der Waals surface area contributed by atoms with Gasteiger partial charge in [-0.2, -0.15) is 0 Å². The van der Waals surface area contributed by atoms with Crippen molar-refractivity contribution in [3.8, 4) is 11.5 Å². The van der Waals surface area contributed by atoms with Crippen LogP contribution in [0.1, 0.15) is 17.3 Å². The highest BCUT2D eigenvalue weighted by Crippen LogP contribution is 2.29. The molecule has 24 heavy (non-hydrogen) atoms. The SMILES string of the molecule is CC(Oc1ccc(Cl)cc1Br)C(=O)Nc1ccc(C(=O)O)cc1O. The van der Waals surface area contributed by atoms with Crippen LogP contribution in [0, 0.1) is 0 Å². The summed E-state index contributed by atoms with van der Waals surface area (Å²) in [7, 11) is 0. The lowest BCUT2D eigenvalue weighted by atomic mass is 10.2. The first kappa shape index (κ1) is 18.1. The first-order valence-electron chi connectivity index (χ1n) is 6.77. The molecule has 1 unspecified atom stereocenters. The van der Waals surface area contributed by atoms with E-state index in [-0.39, 0.29) is 17.0 Å². The largest absolute Gasteiger partial charge is 0.506 e. The number of benzene rings is 2. The third kappa shape index (κ3) is 4.39. The van der Waals surface area contributed by atoms with Crippen LogP contribution in [0.2, 0.25) is 5.02 Å². The van der Waals surface area contributed by atoms with Gasteiger partial charge < -0.3 is 20.3 Å². The number of phenols is 1. The number of carboxylic acids is 1. The summed E-state index contributed by atoms with van der Waals surface area (Å²) in [4.78, 5) is 23.0. The van der Waals surface area contributed by atoms with Gasteiger partial charge in [-0.25, -0.2) is 4.79 Å². The van der Waals surface area contributed by atoms with Crippen molar-refractivity contribution < 1.29 is 24.5 Å². The maximum Gasteiger partial charge on any atom is 0.335 e. The third-order valence-electron chi connectivity index (χ3n) is 3.07. The number of nitrogens with one attached hydrogen (secondary N) is 1. The quantitative estimate of drug-likeness (QED) is 0.645. The molecular weight excluding hydrogens is 402 g/mol. The Morgan fingerprint density at radius 2 is 1.96 bits per heavy atom. The number of rotatable bonds is 5. The molecule has 0 aliphatic heterocycles. The summed E-state index contributed by atoms with van der Waals surface area (Å²) in [5, 5.41) is 21.6. The second-order valence-electron chi connectivity index (χ2n) is 4.86. The lowest BCUT2D eigenvalue weighted by Crippen LogP contribution is -2.30. The number of carbonyl (C=O) groups excluding carboxylic acids is 1. The van der Waals surface area contributed by atoms with Crippen molar-refractivity contribution in [2.24, 2.45) is 0 Å². The van der Waals surface area contributed by atoms with E-state index in [4.69, 9.17) is 21.4 Å². The van der Waals surface area contributed by atoms with Gasteiger partial charge in [0.1, 0.15) is 11.5 Å². The van der Waals surface area contributed by atoms with E-state index in [2.05, 4.69) is 21.2 Å². The van der Waals surface area contributed by atoms with Gasteiger partial charge in [0.25, 0.3) is 5.91 Å². The molecule has 2 aromatic rings. The number of halogens is 2. The molecule has 0 fully saturated rings. The number of amides is 1. The Morgan fingerprint density at radius 3 is 2.54 bits per heavy atom. The maximum absolute atomic E-state index is 12.2. The van der Waals surface area contributed by atoms with Crippen LogP contribution in [0.25, 0.3) is 0 Å². The number of ether oxygens (including phenoxy) is 1. The van der Waals surface area contributed by atoms with Crippen molar-refractivity contribution in [1.29, 1.82) is 0 Å². The van der Waals surface area contributed by atoms with Crippen LogP contribution in [0.5, 0.6) is 11.5 Å². The molecule has 0 aliphatic rings. The number of aromatic hydroxyl groups is 1. The fraction of sp³-hybridized carbons (Fsp3) is 0.125. The zero-order valence-electron chi connectivity index (χ0n) is 12.4. The van der Waals surface area contributed by atoms with E-state index in [0.717, 1.165) is 6.07 Å². The first-order valence-corrected chi connectivity index (χ1v) is 7.94. The minimum Gasteiger partial charge on any atom is -0.506 e. The van der Waals surface area contributed by atoms with Gasteiger partial charge in [-0.05, 0) is 59.3 Å². The van der Waals surface area contributed by atoms with E-state index in [0.29, 0.717) is 15.2 Å². The molecule has 0 aliphatic carbocycles. The van der Waals surface area contributed by atoms with E-state index in [1.54, 1.807) is 25.1 Å². The Morgan fingerprint density at radius 1 is 1.25 bits per heavy atom. The minimum atomic E-state index is -1.17. The van der Waals surface area contributed by atoms with Crippen molar-refractivity contribution in [2.75, 3.05) is 5.32 Å². The van der Waals surface area contributed by atoms with Crippen molar-refractivity contribution in [3.63, 3.8) is 0 Å². The predicted molar refractivity (Wildman–Crippen MR) is 92.9 cm³/mol. The monoisotopic (exact) mass is 413 g/mol. The second-order valence-corrected chi connectivity index (χ2v) is 6.15. The topological polar surface area (TPSA) is 95.9 Å². The molecule has 0 radical (unpaired) electrons. The summed E-state index contributed by atoms with van der Waals surface area (Å²) in [6.07, 6.45) is -0.860. The molecule has 0 spiro atoms. The fourth-order valence-electron chi connectivity index (χ4n) is 1.82. The fourth-order valence-corrected chi connectivity index (χ4v) is 2.60. The normalized spacial score (nSPS) is 11.6. The molecule has 0 aromatic heterocycles. The molecule has 126 valence electrons. The smallest absolute Gasteiger partial charge is 0.335 e. The van der Waals surface area contributed by atoms with Crippen molar-refractivity contribution in [3.05, 3.63) is 51.5 Å². The average molecular weight is 415 g/mol. The van der Waals surface area contributed by atoms with E-state index in [1.807, 2.05) is 0 Å². The Hall–Kier alpha value is -2.25. The maximum atomic E-state index is 12.2. The van der Waals surface area contributed by atoms with Gasteiger partial charge in [0.05, 0.1) is 15.7 Å². The highest BCUT2D eigenvalue weighted by atomic mass is 79.9. The number of carboxylic acid groups (broad SMARTS) is 1. The Kier molecular flexibility index (Phi) is 5.69. The molecule has 0 saturated heterocycles. The lowest BCUT2D eigenvalue weighted by molar-refractivity contribution is -0.122. The Labute approximate surface area is 151 Å². The summed E-state index contributed by atoms with van der Waals surface area (Å²) in [6, 6.07) is 8.52. The van der Waals surface area contributed by atoms with E-state index >= 15 is 0 Å². The molecule has 0 saturated carbocycles. The molecule has 0 heterocycles. The van der Waals surface area contributed by atoms with Gasteiger partial charge in [0.15, 0.2) is 6.10 Å². The Balaban J connectivity index is 2.07. The van der Waals surface area contributed by atoms with Gasteiger partial charge in [-0.3, -0.25) is 4.79 Å². The molecule has 0 bridgehead atoms. The predicted octanol–water partition coefficient (Wildman–Crippen LogP) is 3.91. The number of hydrogen-bond donors (Lipinski definition) is 3. The van der Waals surface area contributed by atoms with Crippen molar-refractivity contribution in [2.45, 2.75) is 13.0 Å². The van der Waals surface area contributed by atoms with E-state index < -0.39 is 18.0 Å². The zero-order valence-corrected chi connectivity index (χ0v) is 14.8. The summed E-state index contributed by atoms with van der Waals surface area (Å²) in [5.74, 6) is -1.58. The Bertz CT molecular complexity index is 796. The molecule has 3 N–H and O–H groups in total. The number of hydrogen-bond acceptors (Lipinski definition) is 4. The van der Waals surface area contributed by atoms with E-state index in [1.165, 1.54) is 12.1 Å². The molecule has 6 nitrogen and oxygen atoms in total. The zero-order chi connectivity index (χ0) is 17.9. The van der Waals surface area contributed by atoms with Crippen LogP contribution in [-0.2, 0) is 4.79 Å². The standard InChI is InChI=1S/C16H13BrClNO5/c1-8(24-14-5-3-10(18)7-11(14)17)15(21)19-12-4-2-9(16(22)23)6-13(12)20/h2-8,20H,1H3,(H,19,21)(H,22,23). The summed E-state index contributed by atoms with van der Waals surface area (Å²) in [6.45, 7) is 1.54. The number of anilines is 1. The van der Waals surface area contributed by atoms with Gasteiger partial charge in [0.2, 0.25) is 0 Å². The summed E-state index contributed by atoms with van der Waals surface area (Å²) < 4.78 is 6.14. The van der Waals surface area contributed by atoms with Crippen molar-refractivity contribution in [1.82, 2.24) is 0 Å². The van der Waals surface area contributed by atoms with Gasteiger partial charge in [-0.15, -0.1) is 0 Å². The molecule has 2 aromatic carbocycles. The average Bonchev–Trinajstić information content (AvgIpc) is 2.51. The van der Waals surface area contributed by atoms with Crippen LogP contribution in [0.15, 0.2) is 40.9 Å². The minimum absolute atomic E-state index is 0.0834. The van der Waals surface area contributed by atoms with Crippen LogP contribution < -0.4 is 10.1 Å². The van der Waals surface area contributed by atoms with Gasteiger partial charge in [0, 0.05) is 5.02 Å². The summed E-state index contributed by atoms with van der Waals surface area (Å²) >= 11 is 9.13. The van der Waals surface area contributed by atoms with Crippen LogP contribution in [-0.4, -0.2) is 28.2 Å². The summed E-state index contributed by atoms with van der Waals surface area (Å²) in [5.41, 5.74) is 0.00974.